The Balaban J connectivity index is 3.61. The van der Waals surface area contributed by atoms with Gasteiger partial charge in [0.05, 0.1) is 8.07 Å². The van der Waals surface area contributed by atoms with Gasteiger partial charge < -0.3 is 4.79 Å². The van der Waals surface area contributed by atoms with Crippen LogP contribution >= 0.6 is 0 Å². The van der Waals surface area contributed by atoms with E-state index in [1.165, 1.54) is 5.57 Å². The number of carbonyl (C=O) groups is 1. The average molecular weight is 250 g/mol. The topological polar surface area (TPSA) is 17.1 Å². The molecule has 0 amide bonds. The molecule has 0 bridgehead atoms. The quantitative estimate of drug-likeness (QED) is 0.215. The third-order valence-electron chi connectivity index (χ3n) is 2.40. The molecule has 17 heavy (non-hydrogen) atoms. The predicted octanol–water partition coefficient (Wildman–Crippen LogP) is 4.42. The first-order valence-corrected chi connectivity index (χ1v) is 10.2. The van der Waals surface area contributed by atoms with Gasteiger partial charge in [0, 0.05) is 18.9 Å². The smallest absolute Gasteiger partial charge is 0.120 e. The van der Waals surface area contributed by atoms with Crippen LogP contribution in [0.3, 0.4) is 0 Å². The van der Waals surface area contributed by atoms with Gasteiger partial charge in [0.2, 0.25) is 0 Å². The fraction of sp³-hybridized carbons (Fsp3) is 0.667. The normalized spacial score (nSPS) is 11.9. The Morgan fingerprint density at radius 3 is 2.47 bits per heavy atom. The minimum absolute atomic E-state index is 0.651. The van der Waals surface area contributed by atoms with Gasteiger partial charge in [-0.25, -0.2) is 0 Å². The molecular weight excluding hydrogens is 224 g/mol. The fourth-order valence-corrected chi connectivity index (χ4v) is 2.00. The van der Waals surface area contributed by atoms with E-state index < -0.39 is 8.07 Å². The van der Waals surface area contributed by atoms with Crippen LogP contribution in [-0.4, -0.2) is 14.4 Å². The van der Waals surface area contributed by atoms with E-state index in [1.807, 2.05) is 0 Å². The van der Waals surface area contributed by atoms with Gasteiger partial charge in [-0.2, -0.15) is 0 Å². The molecule has 0 aliphatic carbocycles. The van der Waals surface area contributed by atoms with E-state index in [0.29, 0.717) is 6.42 Å². The molecule has 2 heteroatoms. The molecule has 0 aliphatic rings. The molecule has 0 heterocycles. The zero-order valence-electron chi connectivity index (χ0n) is 11.8. The van der Waals surface area contributed by atoms with Crippen molar-refractivity contribution < 1.29 is 4.79 Å². The maximum atomic E-state index is 10.2. The number of unbranched alkanes of at least 4 members (excludes halogenated alkanes) is 2. The highest BCUT2D eigenvalue weighted by atomic mass is 28.3. The number of carbonyl (C=O) groups excluding carboxylic acids is 1. The molecule has 1 nitrogen and oxygen atoms in total. The minimum atomic E-state index is -0.977. The molecule has 0 spiro atoms. The molecule has 0 saturated carbocycles. The first kappa shape index (κ1) is 16.2. The minimum Gasteiger partial charge on any atom is -0.303 e. The van der Waals surface area contributed by atoms with Crippen LogP contribution in [-0.2, 0) is 4.79 Å². The molecule has 0 saturated heterocycles. The van der Waals surface area contributed by atoms with E-state index in [-0.39, 0.29) is 0 Å². The summed E-state index contributed by atoms with van der Waals surface area (Å²) in [5.41, 5.74) is 1.33. The van der Waals surface area contributed by atoms with Crippen LogP contribution in [0, 0.1) is 11.8 Å². The molecular formula is C15H26OSi. The second-order valence-electron chi connectivity index (χ2n) is 5.74. The summed E-state index contributed by atoms with van der Waals surface area (Å²) in [7, 11) is -0.977. The van der Waals surface area contributed by atoms with Gasteiger partial charge in [0.25, 0.3) is 0 Å². The van der Waals surface area contributed by atoms with Crippen LogP contribution in [0.4, 0.5) is 0 Å². The number of hydrogen-bond donors (Lipinski definition) is 0. The SMILES string of the molecule is C/C(=C\CCCC#CC[Si](C)(C)C)CCC=O. The lowest BCUT2D eigenvalue weighted by Crippen LogP contribution is -2.17. The van der Waals surface area contributed by atoms with E-state index in [0.717, 1.165) is 38.0 Å². The Morgan fingerprint density at radius 2 is 1.88 bits per heavy atom. The van der Waals surface area contributed by atoms with Crippen molar-refractivity contribution in [2.24, 2.45) is 0 Å². The first-order valence-electron chi connectivity index (χ1n) is 6.51. The number of allylic oxidation sites excluding steroid dienone is 2. The number of rotatable bonds is 7. The second-order valence-corrected chi connectivity index (χ2v) is 11.2. The van der Waals surface area contributed by atoms with Crippen LogP contribution in [0.2, 0.25) is 25.7 Å². The van der Waals surface area contributed by atoms with Crippen molar-refractivity contribution in [2.45, 2.75) is 64.7 Å². The molecule has 0 aliphatic heterocycles. The van der Waals surface area contributed by atoms with Crippen LogP contribution in [0.25, 0.3) is 0 Å². The third-order valence-corrected chi connectivity index (χ3v) is 3.64. The van der Waals surface area contributed by atoms with Gasteiger partial charge in [-0.05, 0) is 26.2 Å². The standard InChI is InChI=1S/C15H26OSi/c1-15(12-10-13-16)11-8-6-5-7-9-14-17(2,3)4/h11,13H,5-6,8,10,12,14H2,1-4H3/b15-11+. The molecule has 0 fully saturated rings. The first-order chi connectivity index (χ1) is 7.95. The van der Waals surface area contributed by atoms with Gasteiger partial charge in [-0.1, -0.05) is 31.3 Å². The van der Waals surface area contributed by atoms with Crippen molar-refractivity contribution in [3.63, 3.8) is 0 Å². The molecule has 0 radical (unpaired) electrons. The largest absolute Gasteiger partial charge is 0.303 e. The lowest BCUT2D eigenvalue weighted by Gasteiger charge is -2.09. The zero-order valence-corrected chi connectivity index (χ0v) is 12.8. The molecule has 0 aromatic rings. The van der Waals surface area contributed by atoms with E-state index in [2.05, 4.69) is 44.5 Å². The van der Waals surface area contributed by atoms with Gasteiger partial charge in [0.1, 0.15) is 6.29 Å². The highest BCUT2D eigenvalue weighted by Gasteiger charge is 2.09. The fourth-order valence-electron chi connectivity index (χ4n) is 1.34. The van der Waals surface area contributed by atoms with Gasteiger partial charge in [-0.15, -0.1) is 11.8 Å². The van der Waals surface area contributed by atoms with Crippen LogP contribution < -0.4 is 0 Å². The summed E-state index contributed by atoms with van der Waals surface area (Å²) in [6, 6.07) is 1.11. The van der Waals surface area contributed by atoms with Crippen molar-refractivity contribution in [1.82, 2.24) is 0 Å². The lowest BCUT2D eigenvalue weighted by atomic mass is 10.1. The summed E-state index contributed by atoms with van der Waals surface area (Å²) < 4.78 is 0. The zero-order chi connectivity index (χ0) is 13.1. The third kappa shape index (κ3) is 13.1. The Morgan fingerprint density at radius 1 is 1.18 bits per heavy atom. The molecule has 96 valence electrons. The summed E-state index contributed by atoms with van der Waals surface area (Å²) in [4.78, 5) is 10.2. The van der Waals surface area contributed by atoms with E-state index in [4.69, 9.17) is 0 Å². The summed E-state index contributed by atoms with van der Waals surface area (Å²) in [5.74, 6) is 6.55. The number of hydrogen-bond acceptors (Lipinski definition) is 1. The highest BCUT2D eigenvalue weighted by molar-refractivity contribution is 6.76. The summed E-state index contributed by atoms with van der Waals surface area (Å²) in [5, 5.41) is 0. The Hall–Kier alpha value is -0.813. The monoisotopic (exact) mass is 250 g/mol. The molecule has 0 rings (SSSR count). The van der Waals surface area contributed by atoms with Gasteiger partial charge >= 0.3 is 0 Å². The van der Waals surface area contributed by atoms with Crippen LogP contribution in [0.15, 0.2) is 11.6 Å². The van der Waals surface area contributed by atoms with E-state index >= 15 is 0 Å². The van der Waals surface area contributed by atoms with Crippen molar-refractivity contribution in [2.75, 3.05) is 0 Å². The van der Waals surface area contributed by atoms with E-state index in [9.17, 15) is 4.79 Å². The molecule has 0 N–H and O–H groups in total. The van der Waals surface area contributed by atoms with Crippen LogP contribution in [0.1, 0.15) is 39.0 Å². The lowest BCUT2D eigenvalue weighted by molar-refractivity contribution is -0.107. The predicted molar refractivity (Wildman–Crippen MR) is 78.8 cm³/mol. The Kier molecular flexibility index (Phi) is 8.80. The van der Waals surface area contributed by atoms with E-state index in [1.54, 1.807) is 0 Å². The summed E-state index contributed by atoms with van der Waals surface area (Å²) in [6.45, 7) is 9.14. The van der Waals surface area contributed by atoms with Gasteiger partial charge in [-0.3, -0.25) is 0 Å². The molecule has 0 aromatic heterocycles. The van der Waals surface area contributed by atoms with Crippen molar-refractivity contribution in [1.29, 1.82) is 0 Å². The maximum absolute atomic E-state index is 10.2. The molecule has 0 aromatic carbocycles. The van der Waals surface area contributed by atoms with Crippen LogP contribution in [0.5, 0.6) is 0 Å². The summed E-state index contributed by atoms with van der Waals surface area (Å²) >= 11 is 0. The average Bonchev–Trinajstić information content (AvgIpc) is 2.23. The maximum Gasteiger partial charge on any atom is 0.120 e. The Labute approximate surface area is 108 Å². The van der Waals surface area contributed by atoms with Gasteiger partial charge in [0.15, 0.2) is 0 Å². The van der Waals surface area contributed by atoms with Crippen molar-refractivity contribution >= 4 is 14.4 Å². The number of aldehydes is 1. The molecule has 0 unspecified atom stereocenters. The van der Waals surface area contributed by atoms with Crippen molar-refractivity contribution in [3.8, 4) is 11.8 Å². The Bertz CT molecular complexity index is 299. The van der Waals surface area contributed by atoms with Crippen molar-refractivity contribution in [3.05, 3.63) is 11.6 Å². The second kappa shape index (κ2) is 9.24. The molecule has 0 atom stereocenters. The summed E-state index contributed by atoms with van der Waals surface area (Å²) in [6.07, 6.45) is 8.01. The highest BCUT2D eigenvalue weighted by Crippen LogP contribution is 2.07.